The van der Waals surface area contributed by atoms with Crippen molar-refractivity contribution in [3.63, 3.8) is 0 Å². The molecule has 2 fully saturated rings. The molecule has 0 aromatic heterocycles. The number of likely N-dealkylation sites (tertiary alicyclic amines) is 1. The predicted molar refractivity (Wildman–Crippen MR) is 96.0 cm³/mol. The highest BCUT2D eigenvalue weighted by molar-refractivity contribution is 5.83. The predicted octanol–water partition coefficient (Wildman–Crippen LogP) is 2.75. The van der Waals surface area contributed by atoms with Crippen molar-refractivity contribution in [3.05, 3.63) is 35.9 Å². The number of amides is 1. The van der Waals surface area contributed by atoms with Gasteiger partial charge in [-0.2, -0.15) is 0 Å². The Balaban J connectivity index is 1.51. The highest BCUT2D eigenvalue weighted by atomic mass is 16.5. The maximum atomic E-state index is 12.9. The summed E-state index contributed by atoms with van der Waals surface area (Å²) in [6.45, 7) is 8.96. The molecule has 1 amide bonds. The first-order valence-electron chi connectivity index (χ1n) is 9.41. The smallest absolute Gasteiger partial charge is 0.230 e. The molecule has 24 heavy (non-hydrogen) atoms. The van der Waals surface area contributed by atoms with Crippen LogP contribution in [0.5, 0.6) is 0 Å². The summed E-state index contributed by atoms with van der Waals surface area (Å²) in [7, 11) is 0. The molecule has 0 aliphatic carbocycles. The van der Waals surface area contributed by atoms with Crippen LogP contribution in [0.2, 0.25) is 0 Å². The van der Waals surface area contributed by atoms with E-state index in [1.807, 2.05) is 18.2 Å². The second-order valence-electron chi connectivity index (χ2n) is 7.05. The van der Waals surface area contributed by atoms with Gasteiger partial charge in [0.05, 0.1) is 19.1 Å². The molecule has 2 saturated heterocycles. The van der Waals surface area contributed by atoms with Crippen molar-refractivity contribution in [1.29, 1.82) is 0 Å². The Morgan fingerprint density at radius 1 is 1.12 bits per heavy atom. The Kier molecular flexibility index (Phi) is 6.27. The van der Waals surface area contributed by atoms with Crippen molar-refractivity contribution in [3.8, 4) is 0 Å². The molecule has 0 saturated carbocycles. The van der Waals surface area contributed by atoms with Gasteiger partial charge in [-0.25, -0.2) is 0 Å². The van der Waals surface area contributed by atoms with E-state index in [-0.39, 0.29) is 5.92 Å². The number of hydrogen-bond acceptors (Lipinski definition) is 3. The molecule has 1 aromatic carbocycles. The average Bonchev–Trinajstić information content (AvgIpc) is 2.65. The molecule has 2 aliphatic heterocycles. The van der Waals surface area contributed by atoms with Gasteiger partial charge in [0.25, 0.3) is 0 Å². The van der Waals surface area contributed by atoms with Crippen LogP contribution in [0, 0.1) is 5.92 Å². The summed E-state index contributed by atoms with van der Waals surface area (Å²) in [4.78, 5) is 17.5. The van der Waals surface area contributed by atoms with E-state index in [4.69, 9.17) is 4.74 Å². The molecule has 1 unspecified atom stereocenters. The summed E-state index contributed by atoms with van der Waals surface area (Å²) in [6.07, 6.45) is 3.14. The highest BCUT2D eigenvalue weighted by Crippen LogP contribution is 2.26. The summed E-state index contributed by atoms with van der Waals surface area (Å²) < 4.78 is 5.42. The first-order chi connectivity index (χ1) is 11.8. The summed E-state index contributed by atoms with van der Waals surface area (Å²) >= 11 is 0. The van der Waals surface area contributed by atoms with Gasteiger partial charge in [0.2, 0.25) is 5.91 Å². The van der Waals surface area contributed by atoms with Crippen molar-refractivity contribution < 1.29 is 9.53 Å². The summed E-state index contributed by atoms with van der Waals surface area (Å²) in [6, 6.07) is 10.2. The first kappa shape index (κ1) is 17.4. The molecule has 2 aliphatic rings. The lowest BCUT2D eigenvalue weighted by Crippen LogP contribution is -2.45. The fourth-order valence-corrected chi connectivity index (χ4v) is 3.94. The maximum Gasteiger partial charge on any atom is 0.230 e. The lowest BCUT2D eigenvalue weighted by Gasteiger charge is -2.37. The van der Waals surface area contributed by atoms with E-state index in [0.29, 0.717) is 5.91 Å². The van der Waals surface area contributed by atoms with Crippen molar-refractivity contribution in [2.24, 2.45) is 5.92 Å². The Bertz CT molecular complexity index is 506. The van der Waals surface area contributed by atoms with Crippen LogP contribution in [-0.4, -0.2) is 61.6 Å². The summed E-state index contributed by atoms with van der Waals surface area (Å²) in [5.41, 5.74) is 1.15. The number of carbonyl (C=O) groups is 1. The van der Waals surface area contributed by atoms with Gasteiger partial charge in [-0.15, -0.1) is 0 Å². The fraction of sp³-hybridized carbons (Fsp3) is 0.650. The Labute approximate surface area is 145 Å². The van der Waals surface area contributed by atoms with Gasteiger partial charge < -0.3 is 9.64 Å². The molecule has 4 nitrogen and oxygen atoms in total. The number of piperidine rings is 1. The largest absolute Gasteiger partial charge is 0.379 e. The number of ether oxygens (including phenoxy) is 1. The lowest BCUT2D eigenvalue weighted by atomic mass is 9.91. The number of rotatable bonds is 5. The third kappa shape index (κ3) is 4.37. The molecule has 132 valence electrons. The van der Waals surface area contributed by atoms with Gasteiger partial charge in [-0.1, -0.05) is 37.3 Å². The maximum absolute atomic E-state index is 12.9. The molecular weight excluding hydrogens is 300 g/mol. The zero-order valence-corrected chi connectivity index (χ0v) is 14.8. The van der Waals surface area contributed by atoms with Gasteiger partial charge >= 0.3 is 0 Å². The minimum atomic E-state index is 0.0157. The van der Waals surface area contributed by atoms with Crippen LogP contribution in [-0.2, 0) is 9.53 Å². The minimum Gasteiger partial charge on any atom is -0.379 e. The Hall–Kier alpha value is -1.39. The van der Waals surface area contributed by atoms with Crippen molar-refractivity contribution in [2.75, 3.05) is 45.9 Å². The topological polar surface area (TPSA) is 32.8 Å². The molecule has 0 radical (unpaired) electrons. The van der Waals surface area contributed by atoms with Crippen LogP contribution < -0.4 is 0 Å². The van der Waals surface area contributed by atoms with E-state index in [9.17, 15) is 4.79 Å². The van der Waals surface area contributed by atoms with Crippen LogP contribution in [0.4, 0.5) is 0 Å². The molecule has 1 aromatic rings. The van der Waals surface area contributed by atoms with E-state index in [2.05, 4.69) is 28.9 Å². The molecule has 0 spiro atoms. The molecule has 0 N–H and O–H groups in total. The molecular formula is C20H30N2O2. The number of morpholine rings is 1. The van der Waals surface area contributed by atoms with Crippen LogP contribution >= 0.6 is 0 Å². The van der Waals surface area contributed by atoms with Gasteiger partial charge in [-0.05, 0) is 30.7 Å². The zero-order chi connectivity index (χ0) is 16.8. The minimum absolute atomic E-state index is 0.0157. The second-order valence-corrected chi connectivity index (χ2v) is 7.05. The van der Waals surface area contributed by atoms with Gasteiger partial charge in [-0.3, -0.25) is 9.69 Å². The molecule has 4 heteroatoms. The van der Waals surface area contributed by atoms with E-state index >= 15 is 0 Å². The summed E-state index contributed by atoms with van der Waals surface area (Å²) in [5, 5.41) is 0. The third-order valence-electron chi connectivity index (χ3n) is 5.45. The van der Waals surface area contributed by atoms with Crippen molar-refractivity contribution in [1.82, 2.24) is 9.80 Å². The van der Waals surface area contributed by atoms with Crippen LogP contribution in [0.3, 0.4) is 0 Å². The SMILES string of the molecule is CCC(C(=O)N1CCC(CN2CCOCC2)CC1)c1ccccc1. The fourth-order valence-electron chi connectivity index (χ4n) is 3.94. The second kappa shape index (κ2) is 8.63. The zero-order valence-electron chi connectivity index (χ0n) is 14.8. The number of benzene rings is 1. The third-order valence-corrected chi connectivity index (χ3v) is 5.45. The summed E-state index contributed by atoms with van der Waals surface area (Å²) in [5.74, 6) is 1.06. The molecule has 1 atom stereocenters. The van der Waals surface area contributed by atoms with E-state index in [1.165, 1.54) is 6.54 Å². The van der Waals surface area contributed by atoms with Gasteiger partial charge in [0.15, 0.2) is 0 Å². The number of carbonyl (C=O) groups excluding carboxylic acids is 1. The Morgan fingerprint density at radius 3 is 2.42 bits per heavy atom. The Morgan fingerprint density at radius 2 is 1.79 bits per heavy atom. The van der Waals surface area contributed by atoms with E-state index in [1.54, 1.807) is 0 Å². The van der Waals surface area contributed by atoms with E-state index in [0.717, 1.165) is 70.1 Å². The first-order valence-corrected chi connectivity index (χ1v) is 9.41. The molecule has 2 heterocycles. The van der Waals surface area contributed by atoms with Crippen LogP contribution in [0.15, 0.2) is 30.3 Å². The average molecular weight is 330 g/mol. The number of hydrogen-bond donors (Lipinski definition) is 0. The molecule has 3 rings (SSSR count). The van der Waals surface area contributed by atoms with E-state index < -0.39 is 0 Å². The molecule has 0 bridgehead atoms. The normalized spacial score (nSPS) is 21.6. The van der Waals surface area contributed by atoms with Crippen molar-refractivity contribution in [2.45, 2.75) is 32.1 Å². The van der Waals surface area contributed by atoms with Crippen LogP contribution in [0.1, 0.15) is 37.7 Å². The number of nitrogens with zero attached hydrogens (tertiary/aromatic N) is 2. The quantitative estimate of drug-likeness (QED) is 0.832. The standard InChI is InChI=1S/C20H30N2O2/c1-2-19(18-6-4-3-5-7-18)20(23)22-10-8-17(9-11-22)16-21-12-14-24-15-13-21/h3-7,17,19H,2,8-16H2,1H3. The van der Waals surface area contributed by atoms with Gasteiger partial charge in [0.1, 0.15) is 0 Å². The van der Waals surface area contributed by atoms with Crippen molar-refractivity contribution >= 4 is 5.91 Å². The van der Waals surface area contributed by atoms with Crippen LogP contribution in [0.25, 0.3) is 0 Å². The highest BCUT2D eigenvalue weighted by Gasteiger charge is 2.29. The van der Waals surface area contributed by atoms with Gasteiger partial charge in [0, 0.05) is 32.7 Å². The lowest BCUT2D eigenvalue weighted by molar-refractivity contribution is -0.134. The monoisotopic (exact) mass is 330 g/mol.